The van der Waals surface area contributed by atoms with Crippen molar-refractivity contribution in [3.63, 3.8) is 0 Å². The van der Waals surface area contributed by atoms with Gasteiger partial charge in [0.15, 0.2) is 6.10 Å². The molecule has 0 aliphatic heterocycles. The van der Waals surface area contributed by atoms with E-state index < -0.39 is 91.5 Å². The first-order chi connectivity index (χ1) is 63.2. The van der Waals surface area contributed by atoms with Crippen LogP contribution in [0.5, 0.6) is 0 Å². The Morgan fingerprint density at radius 3 is 0.612 bits per heavy atom. The molecule has 129 heavy (non-hydrogen) atoms. The van der Waals surface area contributed by atoms with Gasteiger partial charge in [0, 0.05) is 19.3 Å². The fourth-order valence-electron chi connectivity index (χ4n) is 14.4. The number of aliphatic hydroxyl groups excluding tert-OH is 2. The van der Waals surface area contributed by atoms with Crippen LogP contribution in [0.25, 0.3) is 0 Å². The molecule has 0 saturated heterocycles. The first-order valence-corrected chi connectivity index (χ1v) is 55.1. The fraction of sp³-hybridized carbons (Fsp3) is 0.703. The Kier molecular flexibility index (Phi) is 97.4. The summed E-state index contributed by atoms with van der Waals surface area (Å²) in [6.45, 7) is 2.42. The molecule has 0 saturated carbocycles. The Labute approximate surface area is 789 Å². The van der Waals surface area contributed by atoms with Gasteiger partial charge in [0.25, 0.3) is 0 Å². The monoisotopic (exact) mass is 1840 g/mol. The predicted octanol–water partition coefficient (Wildman–Crippen LogP) is 33.1. The molecule has 0 fully saturated rings. The maximum atomic E-state index is 13.1. The van der Waals surface area contributed by atoms with Crippen LogP contribution >= 0.6 is 15.6 Å². The summed E-state index contributed by atoms with van der Waals surface area (Å²) in [5.74, 6) is -1.56. The smallest absolute Gasteiger partial charge is 0.463 e. The fourth-order valence-corrected chi connectivity index (χ4v) is 15.9. The Balaban J connectivity index is 4.57. The zero-order valence-electron chi connectivity index (χ0n) is 82.0. The molecule has 5 atom stereocenters. The Bertz CT molecular complexity index is 3080. The third-order valence-corrected chi connectivity index (χ3v) is 24.0. The van der Waals surface area contributed by atoms with Gasteiger partial charge in [-0.05, 0) is 154 Å². The van der Waals surface area contributed by atoms with E-state index in [9.17, 15) is 43.5 Å². The topological polar surface area (TPSA) is 231 Å². The van der Waals surface area contributed by atoms with Crippen molar-refractivity contribution < 1.29 is 75.8 Å². The molecule has 0 aliphatic carbocycles. The molecule has 0 aromatic rings. The van der Waals surface area contributed by atoms with Crippen molar-refractivity contribution >= 4 is 33.6 Å². The minimum absolute atomic E-state index is 0.0975. The van der Waals surface area contributed by atoms with Crippen molar-refractivity contribution in [3.05, 3.63) is 182 Å². The van der Waals surface area contributed by atoms with Gasteiger partial charge in [-0.15, -0.1) is 0 Å². The van der Waals surface area contributed by atoms with E-state index in [0.29, 0.717) is 19.3 Å². The molecule has 0 rings (SSSR count). The van der Waals surface area contributed by atoms with E-state index in [-0.39, 0.29) is 19.3 Å². The van der Waals surface area contributed by atoms with Crippen molar-refractivity contribution in [3.8, 4) is 0 Å². The number of carbonyl (C=O) groups excluding carboxylic acids is 3. The van der Waals surface area contributed by atoms with E-state index in [1.165, 1.54) is 218 Å². The average molecular weight is 1840 g/mol. The van der Waals surface area contributed by atoms with Crippen molar-refractivity contribution in [1.82, 2.24) is 0 Å². The summed E-state index contributed by atoms with van der Waals surface area (Å²) in [7, 11) is -9.82. The summed E-state index contributed by atoms with van der Waals surface area (Å²) in [5, 5.41) is 20.8. The number of rotatable bonds is 98. The van der Waals surface area contributed by atoms with Crippen molar-refractivity contribution in [2.75, 3.05) is 39.6 Å². The number of hydrogen-bond acceptors (Lipinski definition) is 14. The lowest BCUT2D eigenvalue weighted by atomic mass is 10.0. The molecule has 4 N–H and O–H groups in total. The van der Waals surface area contributed by atoms with Crippen LogP contribution in [0.1, 0.15) is 445 Å². The number of aliphatic hydroxyl groups is 2. The van der Waals surface area contributed by atoms with Gasteiger partial charge in [0.05, 0.1) is 26.4 Å². The molecule has 0 spiro atoms. The second-order valence-electron chi connectivity index (χ2n) is 34.6. The highest BCUT2D eigenvalue weighted by Gasteiger charge is 2.30. The number of phosphoric ester groups is 2. The highest BCUT2D eigenvalue weighted by atomic mass is 31.2. The maximum Gasteiger partial charge on any atom is 0.472 e. The van der Waals surface area contributed by atoms with Crippen LogP contribution in [0.3, 0.4) is 0 Å². The predicted molar refractivity (Wildman–Crippen MR) is 546 cm³/mol. The lowest BCUT2D eigenvalue weighted by Gasteiger charge is -2.21. The van der Waals surface area contributed by atoms with E-state index in [1.807, 2.05) is 0 Å². The van der Waals surface area contributed by atoms with E-state index >= 15 is 0 Å². The Morgan fingerprint density at radius 1 is 0.217 bits per heavy atom. The summed E-state index contributed by atoms with van der Waals surface area (Å²) in [6, 6.07) is 0. The molecule has 0 aromatic carbocycles. The number of phosphoric acid groups is 2. The number of hydrogen-bond donors (Lipinski definition) is 4. The van der Waals surface area contributed by atoms with Crippen molar-refractivity contribution in [1.29, 1.82) is 0 Å². The van der Waals surface area contributed by atoms with Gasteiger partial charge >= 0.3 is 33.6 Å². The average Bonchev–Trinajstić information content (AvgIpc) is 0.899. The molecular weight excluding hydrogens is 1650 g/mol. The van der Waals surface area contributed by atoms with Gasteiger partial charge in [0.2, 0.25) is 0 Å². The minimum atomic E-state index is -4.95. The van der Waals surface area contributed by atoms with Gasteiger partial charge < -0.3 is 34.2 Å². The van der Waals surface area contributed by atoms with Crippen LogP contribution in [0, 0.1) is 0 Å². The number of esters is 3. The molecule has 0 radical (unpaired) electrons. The summed E-state index contributed by atoms with van der Waals surface area (Å²) < 4.78 is 61.7. The van der Waals surface area contributed by atoms with Crippen LogP contribution < -0.4 is 0 Å². The number of carbonyl (C=O) groups is 3. The highest BCUT2D eigenvalue weighted by molar-refractivity contribution is 7.47. The lowest BCUT2D eigenvalue weighted by molar-refractivity contribution is -0.161. The van der Waals surface area contributed by atoms with Crippen LogP contribution in [0.15, 0.2) is 182 Å². The first kappa shape index (κ1) is 124. The molecule has 0 amide bonds. The first-order valence-electron chi connectivity index (χ1n) is 52.1. The van der Waals surface area contributed by atoms with Gasteiger partial charge in [-0.3, -0.25) is 32.5 Å². The molecule has 0 bridgehead atoms. The van der Waals surface area contributed by atoms with Gasteiger partial charge in [-0.25, -0.2) is 9.13 Å². The molecule has 740 valence electrons. The normalized spacial score (nSPS) is 14.4. The lowest BCUT2D eigenvalue weighted by Crippen LogP contribution is -2.30. The van der Waals surface area contributed by atoms with Crippen LogP contribution in [0.4, 0.5) is 0 Å². The second-order valence-corrected chi connectivity index (χ2v) is 37.5. The summed E-state index contributed by atoms with van der Waals surface area (Å²) in [6.07, 6.45) is 135. The molecule has 18 heteroatoms. The molecular formula is C111H190O16P2. The van der Waals surface area contributed by atoms with Crippen molar-refractivity contribution in [2.45, 2.75) is 463 Å². The second kappa shape index (κ2) is 102. The van der Waals surface area contributed by atoms with Crippen LogP contribution in [0.2, 0.25) is 0 Å². The SMILES string of the molecule is CC/C=C\C/C=C\C/C=C\C/C=C\C/C=C\CCCCCCCCCCCCCCCCCCCCCC(=O)OCC(O)COP(=O)(O)OCC(O)COP(=O)(O)OCC(COC(=O)CCCCCCCCCCCCCCCCC/C=C\C/C=C\C/C=C\C/C=C\C/C=C\CC)OC(=O)CCCCCCCCCCCCC/C=C\C/C=C\C/C=C\C/C=C\C/C=C\CC. The quantitative estimate of drug-likeness (QED) is 0.0146. The maximum absolute atomic E-state index is 13.1. The van der Waals surface area contributed by atoms with Crippen LogP contribution in [-0.2, 0) is 55.8 Å². The largest absolute Gasteiger partial charge is 0.472 e. The third kappa shape index (κ3) is 103. The highest BCUT2D eigenvalue weighted by Crippen LogP contribution is 2.45. The summed E-state index contributed by atoms with van der Waals surface area (Å²) in [5.41, 5.74) is 0. The number of ether oxygens (including phenoxy) is 3. The van der Waals surface area contributed by atoms with Crippen LogP contribution in [-0.4, -0.2) is 95.9 Å². The Morgan fingerprint density at radius 2 is 0.388 bits per heavy atom. The Hall–Kier alpha value is -5.35. The van der Waals surface area contributed by atoms with Gasteiger partial charge in [-0.2, -0.15) is 0 Å². The van der Waals surface area contributed by atoms with Crippen molar-refractivity contribution in [2.24, 2.45) is 0 Å². The number of unbranched alkanes of at least 4 members (excludes halogenated alkanes) is 45. The third-order valence-electron chi connectivity index (χ3n) is 22.1. The zero-order valence-corrected chi connectivity index (χ0v) is 83.8. The van der Waals surface area contributed by atoms with Gasteiger partial charge in [0.1, 0.15) is 25.4 Å². The standard InChI is InChI=1S/C111H190O16P2/c1-4-7-10-13-16-19-22-25-28-31-34-37-40-43-46-48-50-51-52-53-55-57-59-61-64-67-70-73-76-79-82-85-88-91-94-97-109(114)121-100-106(112)101-123-128(117,118)124-102-107(113)103-125-129(119,120)126-105-108(127-111(116)99-96-93-90-87-84-81-78-75-72-69-66-63-58-45-42-39-36-33-30-27-24-21-18-15-12-9-6-3)104-122-110(115)98-95-92-89-86-83-80-77-74-71-68-65-62-60-56-54-49-47-44-41-38-35-32-29-26-23-20-17-14-11-8-5-2/h7-12,16-21,25-30,34-39,43-47,58,106-108,112-113H,4-6,13-15,22-24,31-33,40-42,48-57,59-105H2,1-3H3,(H,117,118)(H,119,120)/b10-7-,11-8-,12-9-,19-16-,20-17-,21-18-,28-25-,29-26-,30-27-,37-34-,38-35-,39-36-,46-43-,47-44-,58-45-. The minimum Gasteiger partial charge on any atom is -0.463 e. The summed E-state index contributed by atoms with van der Waals surface area (Å²) >= 11 is 0. The molecule has 0 heterocycles. The van der Waals surface area contributed by atoms with E-state index in [1.54, 1.807) is 0 Å². The van der Waals surface area contributed by atoms with Gasteiger partial charge in [-0.1, -0.05) is 453 Å². The zero-order chi connectivity index (χ0) is 93.5. The molecule has 0 aliphatic rings. The van der Waals surface area contributed by atoms with E-state index in [2.05, 4.69) is 203 Å². The molecule has 5 unspecified atom stereocenters. The number of allylic oxidation sites excluding steroid dienone is 30. The summed E-state index contributed by atoms with van der Waals surface area (Å²) in [4.78, 5) is 59.3. The van der Waals surface area contributed by atoms with E-state index in [4.69, 9.17) is 32.3 Å². The van der Waals surface area contributed by atoms with E-state index in [0.717, 1.165) is 167 Å². The molecule has 16 nitrogen and oxygen atoms in total. The molecule has 0 aromatic heterocycles.